The van der Waals surface area contributed by atoms with E-state index in [9.17, 15) is 9.59 Å². The number of rotatable bonds is 2. The molecule has 0 radical (unpaired) electrons. The first-order valence-corrected chi connectivity index (χ1v) is 6.51. The topological polar surface area (TPSA) is 37.4 Å². The molecular weight excluding hydrogens is 210 g/mol. The second-order valence-electron chi connectivity index (χ2n) is 4.46. The number of likely N-dealkylation sites (tertiary alicyclic amines) is 1. The van der Waals surface area contributed by atoms with E-state index in [0.29, 0.717) is 11.2 Å². The van der Waals surface area contributed by atoms with Crippen molar-refractivity contribution in [3.8, 4) is 0 Å². The third-order valence-electron chi connectivity index (χ3n) is 3.20. The number of carbonyl (C=O) groups is 2. The Bertz CT molecular complexity index is 268. The van der Waals surface area contributed by atoms with Crippen molar-refractivity contribution in [1.29, 1.82) is 0 Å². The van der Waals surface area contributed by atoms with Crippen molar-refractivity contribution < 1.29 is 9.59 Å². The molecule has 0 atom stereocenters. The Kier molecular flexibility index (Phi) is 3.34. The summed E-state index contributed by atoms with van der Waals surface area (Å²) in [6.07, 6.45) is 4.55. The predicted molar refractivity (Wildman–Crippen MR) is 60.6 cm³/mol. The van der Waals surface area contributed by atoms with Crippen LogP contribution in [0.5, 0.6) is 0 Å². The molecule has 0 aromatic carbocycles. The fourth-order valence-electron chi connectivity index (χ4n) is 2.36. The summed E-state index contributed by atoms with van der Waals surface area (Å²) in [7, 11) is 0. The number of nitrogens with zero attached hydrogens (tertiary/aromatic N) is 1. The predicted octanol–water partition coefficient (Wildman–Crippen LogP) is 1.67. The van der Waals surface area contributed by atoms with Crippen LogP contribution in [0.4, 0.5) is 0 Å². The van der Waals surface area contributed by atoms with Gasteiger partial charge in [-0.25, -0.2) is 0 Å². The van der Waals surface area contributed by atoms with Gasteiger partial charge in [0.2, 0.25) is 5.91 Å². The van der Waals surface area contributed by atoms with E-state index in [1.807, 2.05) is 4.90 Å². The molecule has 1 saturated carbocycles. The van der Waals surface area contributed by atoms with Crippen LogP contribution < -0.4 is 0 Å². The Morgan fingerprint density at radius 3 is 2.33 bits per heavy atom. The van der Waals surface area contributed by atoms with E-state index < -0.39 is 0 Å². The van der Waals surface area contributed by atoms with Crippen LogP contribution >= 0.6 is 11.8 Å². The van der Waals surface area contributed by atoms with Crippen LogP contribution in [-0.4, -0.2) is 34.3 Å². The second-order valence-corrected chi connectivity index (χ2v) is 5.93. The third-order valence-corrected chi connectivity index (χ3v) is 4.16. The molecule has 1 heterocycles. The molecular formula is C11H17NO2S. The molecule has 4 heteroatoms. The molecule has 0 aromatic rings. The number of thioether (sulfide) groups is 1. The van der Waals surface area contributed by atoms with Crippen molar-refractivity contribution in [2.75, 3.05) is 13.1 Å². The minimum atomic E-state index is 0.160. The van der Waals surface area contributed by atoms with Gasteiger partial charge in [0, 0.05) is 31.2 Å². The van der Waals surface area contributed by atoms with Gasteiger partial charge in [0.15, 0.2) is 5.12 Å². The average molecular weight is 227 g/mol. The first-order chi connectivity index (χ1) is 7.16. The average Bonchev–Trinajstić information content (AvgIpc) is 2.61. The van der Waals surface area contributed by atoms with Crippen LogP contribution in [0.25, 0.3) is 0 Å². The highest BCUT2D eigenvalue weighted by Crippen LogP contribution is 2.30. The first-order valence-electron chi connectivity index (χ1n) is 5.63. The van der Waals surface area contributed by atoms with Gasteiger partial charge in [-0.3, -0.25) is 9.59 Å². The van der Waals surface area contributed by atoms with Crippen LogP contribution in [-0.2, 0) is 9.59 Å². The maximum atomic E-state index is 11.9. The maximum absolute atomic E-state index is 11.9. The summed E-state index contributed by atoms with van der Waals surface area (Å²) in [5, 5.41) is 0.515. The molecule has 0 unspecified atom stereocenters. The van der Waals surface area contributed by atoms with E-state index in [4.69, 9.17) is 0 Å². The van der Waals surface area contributed by atoms with Gasteiger partial charge in [-0.05, 0) is 12.8 Å². The minimum absolute atomic E-state index is 0.160. The van der Waals surface area contributed by atoms with Crippen molar-refractivity contribution in [1.82, 2.24) is 4.90 Å². The van der Waals surface area contributed by atoms with E-state index in [1.165, 1.54) is 24.6 Å². The molecule has 1 saturated heterocycles. The van der Waals surface area contributed by atoms with Gasteiger partial charge in [-0.2, -0.15) is 0 Å². The molecule has 1 amide bonds. The lowest BCUT2D eigenvalue weighted by Crippen LogP contribution is -2.53. The Hall–Kier alpha value is -0.510. The third kappa shape index (κ3) is 2.54. The fourth-order valence-corrected chi connectivity index (χ4v) is 3.34. The molecule has 0 bridgehead atoms. The molecule has 3 nitrogen and oxygen atoms in total. The summed E-state index contributed by atoms with van der Waals surface area (Å²) in [5.74, 6) is 0.612. The lowest BCUT2D eigenvalue weighted by Gasteiger charge is -2.39. The zero-order chi connectivity index (χ0) is 10.8. The molecule has 2 fully saturated rings. The van der Waals surface area contributed by atoms with Crippen molar-refractivity contribution in [3.63, 3.8) is 0 Å². The van der Waals surface area contributed by atoms with Gasteiger partial charge in [0.25, 0.3) is 0 Å². The highest BCUT2D eigenvalue weighted by molar-refractivity contribution is 8.14. The number of hydrogen-bond acceptors (Lipinski definition) is 3. The van der Waals surface area contributed by atoms with E-state index in [1.54, 1.807) is 6.92 Å². The Balaban J connectivity index is 1.74. The summed E-state index contributed by atoms with van der Waals surface area (Å²) >= 11 is 1.37. The molecule has 15 heavy (non-hydrogen) atoms. The Morgan fingerprint density at radius 1 is 1.20 bits per heavy atom. The summed E-state index contributed by atoms with van der Waals surface area (Å²) < 4.78 is 0. The van der Waals surface area contributed by atoms with Gasteiger partial charge in [0.1, 0.15) is 0 Å². The lowest BCUT2D eigenvalue weighted by molar-refractivity contribution is -0.138. The lowest BCUT2D eigenvalue weighted by atomic mass is 10.0. The van der Waals surface area contributed by atoms with Gasteiger partial charge < -0.3 is 4.90 Å². The van der Waals surface area contributed by atoms with E-state index >= 15 is 0 Å². The number of amides is 1. The highest BCUT2D eigenvalue weighted by Gasteiger charge is 2.36. The normalized spacial score (nSPS) is 22.9. The Morgan fingerprint density at radius 2 is 1.80 bits per heavy atom. The van der Waals surface area contributed by atoms with Crippen molar-refractivity contribution >= 4 is 22.8 Å². The van der Waals surface area contributed by atoms with Gasteiger partial charge in [0.05, 0.1) is 0 Å². The molecule has 84 valence electrons. The standard InChI is InChI=1S/C11H17NO2S/c1-8(13)15-10-6-12(7-10)11(14)9-4-2-3-5-9/h9-10H,2-7H2,1H3. The van der Waals surface area contributed by atoms with Gasteiger partial charge in [-0.15, -0.1) is 0 Å². The van der Waals surface area contributed by atoms with Crippen LogP contribution in [0.3, 0.4) is 0 Å². The number of carbonyl (C=O) groups excluding carboxylic acids is 2. The second kappa shape index (κ2) is 4.56. The summed E-state index contributed by atoms with van der Waals surface area (Å²) in [6, 6.07) is 0. The summed E-state index contributed by atoms with van der Waals surface area (Å²) in [5.41, 5.74) is 0. The Labute approximate surface area is 94.6 Å². The van der Waals surface area contributed by atoms with E-state index in [2.05, 4.69) is 0 Å². The SMILES string of the molecule is CC(=O)SC1CN(C(=O)C2CCCC2)C1. The summed E-state index contributed by atoms with van der Waals surface area (Å²) in [4.78, 5) is 24.6. The first kappa shape index (κ1) is 11.0. The van der Waals surface area contributed by atoms with Crippen LogP contribution in [0.2, 0.25) is 0 Å². The number of hydrogen-bond donors (Lipinski definition) is 0. The molecule has 0 aromatic heterocycles. The fraction of sp³-hybridized carbons (Fsp3) is 0.818. The zero-order valence-electron chi connectivity index (χ0n) is 9.07. The van der Waals surface area contributed by atoms with Crippen LogP contribution in [0, 0.1) is 5.92 Å². The van der Waals surface area contributed by atoms with Gasteiger partial charge in [-0.1, -0.05) is 24.6 Å². The zero-order valence-corrected chi connectivity index (χ0v) is 9.89. The van der Waals surface area contributed by atoms with Gasteiger partial charge >= 0.3 is 0 Å². The minimum Gasteiger partial charge on any atom is -0.340 e. The van der Waals surface area contributed by atoms with Crippen LogP contribution in [0.1, 0.15) is 32.6 Å². The van der Waals surface area contributed by atoms with E-state index in [-0.39, 0.29) is 11.0 Å². The molecule has 1 aliphatic carbocycles. The summed E-state index contributed by atoms with van der Waals surface area (Å²) in [6.45, 7) is 3.14. The maximum Gasteiger partial charge on any atom is 0.225 e. The van der Waals surface area contributed by atoms with Crippen molar-refractivity contribution in [3.05, 3.63) is 0 Å². The smallest absolute Gasteiger partial charge is 0.225 e. The van der Waals surface area contributed by atoms with Crippen LogP contribution in [0.15, 0.2) is 0 Å². The van der Waals surface area contributed by atoms with Crippen molar-refractivity contribution in [2.45, 2.75) is 37.9 Å². The quantitative estimate of drug-likeness (QED) is 0.720. The molecule has 0 N–H and O–H groups in total. The molecule has 2 rings (SSSR count). The largest absolute Gasteiger partial charge is 0.340 e. The monoisotopic (exact) mass is 227 g/mol. The highest BCUT2D eigenvalue weighted by atomic mass is 32.2. The molecule has 0 spiro atoms. The van der Waals surface area contributed by atoms with Crippen molar-refractivity contribution in [2.24, 2.45) is 5.92 Å². The van der Waals surface area contributed by atoms with E-state index in [0.717, 1.165) is 25.9 Å². The molecule has 2 aliphatic rings. The molecule has 1 aliphatic heterocycles.